The Hall–Kier alpha value is -2.46. The van der Waals surface area contributed by atoms with Crippen LogP contribution in [0.25, 0.3) is 22.0 Å². The van der Waals surface area contributed by atoms with Gasteiger partial charge in [-0.2, -0.15) is 0 Å². The van der Waals surface area contributed by atoms with Gasteiger partial charge in [0.05, 0.1) is 12.8 Å². The minimum absolute atomic E-state index is 0.461. The molecule has 0 saturated heterocycles. The molecule has 1 fully saturated rings. The van der Waals surface area contributed by atoms with E-state index in [1.165, 1.54) is 23.6 Å². The van der Waals surface area contributed by atoms with Gasteiger partial charge in [-0.3, -0.25) is 0 Å². The Bertz CT molecular complexity index is 901. The lowest BCUT2D eigenvalue weighted by atomic mass is 9.81. The molecule has 0 bridgehead atoms. The highest BCUT2D eigenvalue weighted by Crippen LogP contribution is 2.34. The van der Waals surface area contributed by atoms with E-state index in [0.29, 0.717) is 11.8 Å². The van der Waals surface area contributed by atoms with E-state index in [-0.39, 0.29) is 0 Å². The quantitative estimate of drug-likeness (QED) is 0.753. The summed E-state index contributed by atoms with van der Waals surface area (Å²) in [4.78, 5) is 9.46. The Morgan fingerprint density at radius 2 is 1.77 bits per heavy atom. The summed E-state index contributed by atoms with van der Waals surface area (Å²) in [6.07, 6.45) is 6.55. The lowest BCUT2D eigenvalue weighted by molar-refractivity contribution is 0.325. The highest BCUT2D eigenvalue weighted by molar-refractivity contribution is 5.87. The van der Waals surface area contributed by atoms with Crippen LogP contribution in [0.2, 0.25) is 0 Å². The number of nitrogens with two attached hydrogens (primary N) is 1. The molecule has 0 unspecified atom stereocenters. The first-order chi connectivity index (χ1) is 12.8. The van der Waals surface area contributed by atoms with Crippen LogP contribution in [-0.4, -0.2) is 23.6 Å². The Balaban J connectivity index is 1.61. The molecule has 1 aromatic heterocycles. The minimum Gasteiger partial charge on any atom is -0.497 e. The van der Waals surface area contributed by atoms with Crippen LogP contribution < -0.4 is 10.5 Å². The van der Waals surface area contributed by atoms with Crippen molar-refractivity contribution in [2.24, 2.45) is 11.7 Å². The molecule has 26 heavy (non-hydrogen) atoms. The maximum atomic E-state index is 5.81. The van der Waals surface area contributed by atoms with Crippen molar-refractivity contribution in [3.8, 4) is 17.0 Å². The summed E-state index contributed by atoms with van der Waals surface area (Å²) >= 11 is 0. The number of ether oxygens (including phenoxy) is 1. The predicted molar refractivity (Wildman–Crippen MR) is 105 cm³/mol. The average molecular weight is 347 g/mol. The standard InChI is InChI=1S/C22H25N3O/c1-26-20-9-8-17-12-19(7-6-18(17)13-20)21-10-11-24-22(25-21)16-4-2-15(14-23)3-5-16/h6-13,15-16H,2-5,14,23H2,1H3. The fraction of sp³-hybridized carbons (Fsp3) is 0.364. The second-order valence-corrected chi connectivity index (χ2v) is 7.18. The average Bonchev–Trinajstić information content (AvgIpc) is 2.73. The number of aromatic nitrogens is 2. The number of hydrogen-bond acceptors (Lipinski definition) is 4. The van der Waals surface area contributed by atoms with E-state index in [4.69, 9.17) is 15.5 Å². The molecule has 3 aromatic rings. The van der Waals surface area contributed by atoms with Crippen LogP contribution in [0.4, 0.5) is 0 Å². The van der Waals surface area contributed by atoms with Crippen molar-refractivity contribution >= 4 is 10.8 Å². The highest BCUT2D eigenvalue weighted by Gasteiger charge is 2.23. The molecule has 4 heteroatoms. The van der Waals surface area contributed by atoms with E-state index in [0.717, 1.165) is 42.2 Å². The van der Waals surface area contributed by atoms with Crippen LogP contribution in [0.5, 0.6) is 5.75 Å². The second-order valence-electron chi connectivity index (χ2n) is 7.18. The topological polar surface area (TPSA) is 61.0 Å². The molecule has 0 atom stereocenters. The Labute approximate surface area is 154 Å². The molecule has 2 aromatic carbocycles. The van der Waals surface area contributed by atoms with Gasteiger partial charge >= 0.3 is 0 Å². The van der Waals surface area contributed by atoms with Gasteiger partial charge in [0.25, 0.3) is 0 Å². The molecule has 0 amide bonds. The summed E-state index contributed by atoms with van der Waals surface area (Å²) in [5, 5.41) is 2.36. The molecule has 2 N–H and O–H groups in total. The summed E-state index contributed by atoms with van der Waals surface area (Å²) in [5.41, 5.74) is 7.93. The van der Waals surface area contributed by atoms with Crippen LogP contribution >= 0.6 is 0 Å². The molecule has 134 valence electrons. The number of nitrogens with zero attached hydrogens (tertiary/aromatic N) is 2. The molecular formula is C22H25N3O. The molecule has 4 rings (SSSR count). The molecule has 1 heterocycles. The molecule has 1 saturated carbocycles. The van der Waals surface area contributed by atoms with Crippen molar-refractivity contribution < 1.29 is 4.74 Å². The van der Waals surface area contributed by atoms with Gasteiger partial charge in [0.15, 0.2) is 0 Å². The van der Waals surface area contributed by atoms with Crippen molar-refractivity contribution in [2.45, 2.75) is 31.6 Å². The third-order valence-electron chi connectivity index (χ3n) is 5.56. The summed E-state index contributed by atoms with van der Waals surface area (Å²) in [5.74, 6) is 2.99. The van der Waals surface area contributed by atoms with E-state index < -0.39 is 0 Å². The van der Waals surface area contributed by atoms with E-state index in [9.17, 15) is 0 Å². The number of rotatable bonds is 4. The molecule has 1 aliphatic carbocycles. The predicted octanol–water partition coefficient (Wildman–Crippen LogP) is 4.54. The summed E-state index contributed by atoms with van der Waals surface area (Å²) < 4.78 is 5.31. The summed E-state index contributed by atoms with van der Waals surface area (Å²) in [7, 11) is 1.69. The third-order valence-corrected chi connectivity index (χ3v) is 5.56. The van der Waals surface area contributed by atoms with Crippen molar-refractivity contribution in [3.05, 3.63) is 54.5 Å². The number of methoxy groups -OCH3 is 1. The van der Waals surface area contributed by atoms with E-state index in [1.807, 2.05) is 18.3 Å². The third kappa shape index (κ3) is 3.42. The van der Waals surface area contributed by atoms with Gasteiger partial charge in [0.2, 0.25) is 0 Å². The molecule has 1 aliphatic rings. The van der Waals surface area contributed by atoms with Crippen LogP contribution in [0.3, 0.4) is 0 Å². The fourth-order valence-corrected chi connectivity index (χ4v) is 3.90. The molecule has 0 aliphatic heterocycles. The fourth-order valence-electron chi connectivity index (χ4n) is 3.90. The largest absolute Gasteiger partial charge is 0.497 e. The SMILES string of the molecule is COc1ccc2cc(-c3ccnc(C4CCC(CN)CC4)n3)ccc2c1. The zero-order chi connectivity index (χ0) is 17.9. The molecule has 0 spiro atoms. The Morgan fingerprint density at radius 3 is 2.54 bits per heavy atom. The first-order valence-electron chi connectivity index (χ1n) is 9.38. The van der Waals surface area contributed by atoms with Crippen molar-refractivity contribution in [1.29, 1.82) is 0 Å². The molecule has 4 nitrogen and oxygen atoms in total. The van der Waals surface area contributed by atoms with E-state index in [1.54, 1.807) is 7.11 Å². The van der Waals surface area contributed by atoms with Gasteiger partial charge in [-0.25, -0.2) is 9.97 Å². The number of fused-ring (bicyclic) bond motifs is 1. The van der Waals surface area contributed by atoms with Crippen LogP contribution in [0.15, 0.2) is 48.7 Å². The highest BCUT2D eigenvalue weighted by atomic mass is 16.5. The van der Waals surface area contributed by atoms with Gasteiger partial charge in [-0.1, -0.05) is 18.2 Å². The number of benzene rings is 2. The van der Waals surface area contributed by atoms with Crippen LogP contribution in [0.1, 0.15) is 37.4 Å². The van der Waals surface area contributed by atoms with Crippen LogP contribution in [-0.2, 0) is 0 Å². The Kier molecular flexibility index (Phi) is 4.85. The smallest absolute Gasteiger partial charge is 0.132 e. The number of hydrogen-bond donors (Lipinski definition) is 1. The molecule has 0 radical (unpaired) electrons. The van der Waals surface area contributed by atoms with Gasteiger partial charge < -0.3 is 10.5 Å². The maximum absolute atomic E-state index is 5.81. The second kappa shape index (κ2) is 7.42. The van der Waals surface area contributed by atoms with Gasteiger partial charge in [0, 0.05) is 17.7 Å². The van der Waals surface area contributed by atoms with Gasteiger partial charge in [-0.05, 0) is 73.2 Å². The zero-order valence-corrected chi connectivity index (χ0v) is 15.2. The van der Waals surface area contributed by atoms with Gasteiger partial charge in [-0.15, -0.1) is 0 Å². The molecular weight excluding hydrogens is 322 g/mol. The summed E-state index contributed by atoms with van der Waals surface area (Å²) in [6.45, 7) is 0.801. The van der Waals surface area contributed by atoms with Crippen molar-refractivity contribution in [1.82, 2.24) is 9.97 Å². The minimum atomic E-state index is 0.461. The summed E-state index contributed by atoms with van der Waals surface area (Å²) in [6, 6.07) is 14.6. The normalized spacial score (nSPS) is 20.2. The van der Waals surface area contributed by atoms with Crippen molar-refractivity contribution in [3.63, 3.8) is 0 Å². The van der Waals surface area contributed by atoms with Gasteiger partial charge in [0.1, 0.15) is 11.6 Å². The van der Waals surface area contributed by atoms with E-state index >= 15 is 0 Å². The maximum Gasteiger partial charge on any atom is 0.132 e. The van der Waals surface area contributed by atoms with Crippen molar-refractivity contribution in [2.75, 3.05) is 13.7 Å². The van der Waals surface area contributed by atoms with Crippen LogP contribution in [0, 0.1) is 5.92 Å². The first-order valence-corrected chi connectivity index (χ1v) is 9.38. The lowest BCUT2D eigenvalue weighted by Gasteiger charge is -2.26. The Morgan fingerprint density at radius 1 is 1.00 bits per heavy atom. The first kappa shape index (κ1) is 17.0. The van der Waals surface area contributed by atoms with E-state index in [2.05, 4.69) is 35.3 Å². The lowest BCUT2D eigenvalue weighted by Crippen LogP contribution is -2.21. The monoisotopic (exact) mass is 347 g/mol. The zero-order valence-electron chi connectivity index (χ0n) is 15.2.